The summed E-state index contributed by atoms with van der Waals surface area (Å²) in [6, 6.07) is 8.48. The first-order valence-electron chi connectivity index (χ1n) is 7.24. The summed E-state index contributed by atoms with van der Waals surface area (Å²) >= 11 is 0. The molecule has 1 aliphatic rings. The summed E-state index contributed by atoms with van der Waals surface area (Å²) in [5, 5.41) is -0.448. The van der Waals surface area contributed by atoms with Gasteiger partial charge in [0.25, 0.3) is 0 Å². The molecule has 2 aromatic rings. The van der Waals surface area contributed by atoms with Gasteiger partial charge in [0.15, 0.2) is 0 Å². The second-order valence-corrected chi connectivity index (χ2v) is 7.22. The Morgan fingerprint density at radius 2 is 1.96 bits per heavy atom. The fourth-order valence-electron chi connectivity index (χ4n) is 2.46. The molecule has 1 aromatic heterocycles. The zero-order valence-corrected chi connectivity index (χ0v) is 13.5. The lowest BCUT2D eigenvalue weighted by molar-refractivity contribution is -0.303. The number of fused-ring (bicyclic) bond motifs is 1. The van der Waals surface area contributed by atoms with Crippen molar-refractivity contribution in [1.82, 2.24) is 4.98 Å². The monoisotopic (exact) mass is 370 g/mol. The number of ether oxygens (including phenoxy) is 1. The van der Waals surface area contributed by atoms with Crippen LogP contribution >= 0.6 is 0 Å². The van der Waals surface area contributed by atoms with E-state index in [0.29, 0.717) is 5.52 Å². The quantitative estimate of drug-likeness (QED) is 0.891. The maximum Gasteiger partial charge on any atom is 0.573 e. The predicted molar refractivity (Wildman–Crippen MR) is 87.1 cm³/mol. The lowest BCUT2D eigenvalue weighted by Gasteiger charge is -2.19. The van der Waals surface area contributed by atoms with Crippen molar-refractivity contribution >= 4 is 26.6 Å². The smallest absolute Gasteiger partial charge is 0.406 e. The lowest BCUT2D eigenvalue weighted by Crippen LogP contribution is -2.28. The summed E-state index contributed by atoms with van der Waals surface area (Å²) in [6.07, 6.45) is 0.0470. The van der Waals surface area contributed by atoms with Crippen LogP contribution in [0.5, 0.6) is 0 Å². The second kappa shape index (κ2) is 6.40. The average Bonchev–Trinajstić information content (AvgIpc) is 2.54. The molecular formula is C16H13F3N2O3S. The van der Waals surface area contributed by atoms with Crippen LogP contribution in [0.15, 0.2) is 60.5 Å². The third kappa shape index (κ3) is 4.11. The van der Waals surface area contributed by atoms with Gasteiger partial charge in [0.1, 0.15) is 11.0 Å². The fourth-order valence-corrected chi connectivity index (χ4v) is 3.76. The molecule has 1 heterocycles. The van der Waals surface area contributed by atoms with Crippen molar-refractivity contribution in [2.45, 2.75) is 18.0 Å². The highest BCUT2D eigenvalue weighted by molar-refractivity contribution is 7.93. The molecule has 0 saturated carbocycles. The normalized spacial score (nSPS) is 18.0. The zero-order valence-electron chi connectivity index (χ0n) is 12.7. The predicted octanol–water partition coefficient (Wildman–Crippen LogP) is 3.73. The number of anilines is 1. The molecular weight excluding hydrogens is 357 g/mol. The molecule has 0 aliphatic heterocycles. The number of benzene rings is 1. The standard InChI is InChI=1S/C16H13F3N2O3S/c17-16(18,19)24-12-6-2-7-13(10-12)25(22,23)21-14-8-1-4-11-5-3-9-20-15(11)14/h1-6,8-10,13,21H,7H2. The number of aromatic nitrogens is 1. The Morgan fingerprint density at radius 1 is 1.20 bits per heavy atom. The highest BCUT2D eigenvalue weighted by Crippen LogP contribution is 2.28. The minimum atomic E-state index is -4.88. The van der Waals surface area contributed by atoms with E-state index in [0.717, 1.165) is 17.5 Å². The number of nitrogens with one attached hydrogen (secondary N) is 1. The van der Waals surface area contributed by atoms with E-state index in [9.17, 15) is 21.6 Å². The molecule has 1 aromatic carbocycles. The fraction of sp³-hybridized carbons (Fsp3) is 0.188. The second-order valence-electron chi connectivity index (χ2n) is 5.32. The van der Waals surface area contributed by atoms with Gasteiger partial charge in [-0.15, -0.1) is 13.2 Å². The van der Waals surface area contributed by atoms with Crippen LogP contribution in [-0.2, 0) is 14.8 Å². The van der Waals surface area contributed by atoms with Gasteiger partial charge in [-0.25, -0.2) is 8.42 Å². The van der Waals surface area contributed by atoms with Gasteiger partial charge in [-0.05, 0) is 30.7 Å². The molecule has 132 valence electrons. The molecule has 1 unspecified atom stereocenters. The molecule has 3 rings (SSSR count). The van der Waals surface area contributed by atoms with Gasteiger partial charge >= 0.3 is 6.36 Å². The Balaban J connectivity index is 1.88. The SMILES string of the molecule is O=S(=O)(Nc1cccc2cccnc12)C1C=C(OC(F)(F)F)C=CC1. The van der Waals surface area contributed by atoms with Crippen molar-refractivity contribution < 1.29 is 26.3 Å². The van der Waals surface area contributed by atoms with E-state index in [1.165, 1.54) is 12.3 Å². The first-order valence-corrected chi connectivity index (χ1v) is 8.79. The summed E-state index contributed by atoms with van der Waals surface area (Å²) in [6.45, 7) is 0. The maximum absolute atomic E-state index is 12.6. The molecule has 5 nitrogen and oxygen atoms in total. The van der Waals surface area contributed by atoms with Gasteiger partial charge in [0, 0.05) is 11.6 Å². The lowest BCUT2D eigenvalue weighted by atomic mass is 10.2. The molecule has 0 saturated heterocycles. The van der Waals surface area contributed by atoms with Crippen LogP contribution in [0.25, 0.3) is 10.9 Å². The van der Waals surface area contributed by atoms with Gasteiger partial charge in [-0.2, -0.15) is 0 Å². The Bertz CT molecular complexity index is 947. The molecule has 0 spiro atoms. The maximum atomic E-state index is 12.6. The molecule has 1 aliphatic carbocycles. The van der Waals surface area contributed by atoms with Crippen molar-refractivity contribution in [2.75, 3.05) is 4.72 Å². The summed E-state index contributed by atoms with van der Waals surface area (Å²) in [4.78, 5) is 4.14. The van der Waals surface area contributed by atoms with Crippen LogP contribution < -0.4 is 4.72 Å². The third-order valence-electron chi connectivity index (χ3n) is 3.52. The minimum Gasteiger partial charge on any atom is -0.406 e. The van der Waals surface area contributed by atoms with Crippen LogP contribution in [0.4, 0.5) is 18.9 Å². The first-order chi connectivity index (χ1) is 11.7. The number of hydrogen-bond acceptors (Lipinski definition) is 4. The Morgan fingerprint density at radius 3 is 2.72 bits per heavy atom. The largest absolute Gasteiger partial charge is 0.573 e. The highest BCUT2D eigenvalue weighted by Gasteiger charge is 2.34. The van der Waals surface area contributed by atoms with Crippen LogP contribution in [-0.4, -0.2) is 25.0 Å². The van der Waals surface area contributed by atoms with Crippen molar-refractivity contribution in [2.24, 2.45) is 0 Å². The van der Waals surface area contributed by atoms with Crippen molar-refractivity contribution in [3.63, 3.8) is 0 Å². The number of alkyl halides is 3. The van der Waals surface area contributed by atoms with Crippen LogP contribution in [0.1, 0.15) is 6.42 Å². The number of allylic oxidation sites excluding steroid dienone is 2. The number of sulfonamides is 1. The highest BCUT2D eigenvalue weighted by atomic mass is 32.2. The molecule has 0 amide bonds. The summed E-state index contributed by atoms with van der Waals surface area (Å²) in [7, 11) is -3.98. The number of hydrogen-bond donors (Lipinski definition) is 1. The number of nitrogens with zero attached hydrogens (tertiary/aromatic N) is 1. The van der Waals surface area contributed by atoms with E-state index in [4.69, 9.17) is 0 Å². The minimum absolute atomic E-state index is 0.0399. The molecule has 25 heavy (non-hydrogen) atoms. The molecule has 0 fully saturated rings. The van der Waals surface area contributed by atoms with Crippen LogP contribution in [0.3, 0.4) is 0 Å². The first kappa shape index (κ1) is 17.3. The van der Waals surface area contributed by atoms with Crippen molar-refractivity contribution in [3.8, 4) is 0 Å². The molecule has 0 bridgehead atoms. The molecule has 1 atom stereocenters. The molecule has 0 radical (unpaired) electrons. The molecule has 9 heteroatoms. The van der Waals surface area contributed by atoms with E-state index in [1.54, 1.807) is 30.3 Å². The number of rotatable bonds is 4. The Labute approximate surface area is 141 Å². The van der Waals surface area contributed by atoms with Gasteiger partial charge < -0.3 is 4.74 Å². The Kier molecular flexibility index (Phi) is 4.42. The summed E-state index contributed by atoms with van der Waals surface area (Å²) in [5.74, 6) is -0.551. The van der Waals surface area contributed by atoms with Crippen molar-refractivity contribution in [1.29, 1.82) is 0 Å². The van der Waals surface area contributed by atoms with Gasteiger partial charge in [0.05, 0.1) is 11.2 Å². The van der Waals surface area contributed by atoms with Crippen LogP contribution in [0, 0.1) is 0 Å². The average molecular weight is 370 g/mol. The van der Waals surface area contributed by atoms with E-state index in [1.807, 2.05) is 0 Å². The van der Waals surface area contributed by atoms with Gasteiger partial charge in [-0.3, -0.25) is 9.71 Å². The third-order valence-corrected chi connectivity index (χ3v) is 5.15. The topological polar surface area (TPSA) is 68.3 Å². The van der Waals surface area contributed by atoms with Gasteiger partial charge in [0.2, 0.25) is 10.0 Å². The summed E-state index contributed by atoms with van der Waals surface area (Å²) < 4.78 is 68.3. The summed E-state index contributed by atoms with van der Waals surface area (Å²) in [5.41, 5.74) is 0.718. The van der Waals surface area contributed by atoms with E-state index in [2.05, 4.69) is 14.4 Å². The van der Waals surface area contributed by atoms with Crippen LogP contribution in [0.2, 0.25) is 0 Å². The van der Waals surface area contributed by atoms with E-state index >= 15 is 0 Å². The van der Waals surface area contributed by atoms with Crippen molar-refractivity contribution in [3.05, 3.63) is 60.5 Å². The number of pyridine rings is 1. The zero-order chi connectivity index (χ0) is 18.1. The van der Waals surface area contributed by atoms with E-state index in [-0.39, 0.29) is 12.1 Å². The number of para-hydroxylation sites is 1. The van der Waals surface area contributed by atoms with Gasteiger partial charge in [-0.1, -0.05) is 24.3 Å². The van der Waals surface area contributed by atoms with E-state index < -0.39 is 27.4 Å². The molecule has 1 N–H and O–H groups in total. The number of halogens is 3. The Hall–Kier alpha value is -2.55.